The second kappa shape index (κ2) is 7.92. The predicted octanol–water partition coefficient (Wildman–Crippen LogP) is 2.29. The van der Waals surface area contributed by atoms with Gasteiger partial charge in [0.05, 0.1) is 6.10 Å². The quantitative estimate of drug-likeness (QED) is 0.567. The van der Waals surface area contributed by atoms with Gasteiger partial charge in [0.2, 0.25) is 0 Å². The first kappa shape index (κ1) is 19.1. The van der Waals surface area contributed by atoms with Gasteiger partial charge in [-0.05, 0) is 19.3 Å². The van der Waals surface area contributed by atoms with Crippen LogP contribution in [0.15, 0.2) is 14.6 Å². The summed E-state index contributed by atoms with van der Waals surface area (Å²) in [7, 11) is 1.52. The zero-order chi connectivity index (χ0) is 18.8. The summed E-state index contributed by atoms with van der Waals surface area (Å²) in [5, 5.41) is 1.09. The van der Waals surface area contributed by atoms with Crippen molar-refractivity contribution in [2.45, 2.75) is 63.6 Å². The first-order chi connectivity index (χ1) is 12.4. The molecule has 0 aromatic carbocycles. The molecule has 3 rings (SSSR count). The molecule has 8 heteroatoms. The molecule has 1 saturated heterocycles. The Balaban J connectivity index is 2.20. The van der Waals surface area contributed by atoms with E-state index in [0.717, 1.165) is 36.2 Å². The number of ether oxygens (including phenoxy) is 1. The molecular formula is C18H26N4O3S. The van der Waals surface area contributed by atoms with Crippen LogP contribution >= 0.6 is 11.8 Å². The lowest BCUT2D eigenvalue weighted by Gasteiger charge is -2.16. The Morgan fingerprint density at radius 2 is 2.08 bits per heavy atom. The maximum atomic E-state index is 12.8. The van der Waals surface area contributed by atoms with Crippen molar-refractivity contribution in [3.63, 3.8) is 0 Å². The van der Waals surface area contributed by atoms with E-state index in [2.05, 4.69) is 9.97 Å². The minimum Gasteiger partial charge on any atom is -0.377 e. The van der Waals surface area contributed by atoms with Gasteiger partial charge < -0.3 is 4.74 Å². The minimum atomic E-state index is -0.331. The highest BCUT2D eigenvalue weighted by molar-refractivity contribution is 7.99. The van der Waals surface area contributed by atoms with Crippen molar-refractivity contribution < 1.29 is 4.74 Å². The lowest BCUT2D eigenvalue weighted by atomic mass is 10.2. The Hall–Kier alpha value is -1.67. The standard InChI is InChI=1S/C18H26N4O3S/c1-5-8-22-15-13(17(23)21(4)18(22)24)16(20-14(19-15)11(2)3)26-10-12-7-6-9-25-12/h11-12H,5-10H2,1-4H3. The molecule has 0 N–H and O–H groups in total. The normalized spacial score (nSPS) is 17.5. The fourth-order valence-electron chi connectivity index (χ4n) is 3.09. The minimum absolute atomic E-state index is 0.107. The lowest BCUT2D eigenvalue weighted by molar-refractivity contribution is 0.129. The van der Waals surface area contributed by atoms with Crippen molar-refractivity contribution in [3.05, 3.63) is 26.7 Å². The van der Waals surface area contributed by atoms with Crippen molar-refractivity contribution in [1.29, 1.82) is 0 Å². The highest BCUT2D eigenvalue weighted by atomic mass is 32.2. The van der Waals surface area contributed by atoms with E-state index in [9.17, 15) is 9.59 Å². The molecule has 3 heterocycles. The van der Waals surface area contributed by atoms with Gasteiger partial charge in [-0.25, -0.2) is 14.8 Å². The molecular weight excluding hydrogens is 352 g/mol. The van der Waals surface area contributed by atoms with E-state index in [4.69, 9.17) is 4.74 Å². The second-order valence-corrected chi connectivity index (χ2v) is 7.99. The van der Waals surface area contributed by atoms with E-state index in [-0.39, 0.29) is 23.3 Å². The SMILES string of the molecule is CCCn1c(=O)n(C)c(=O)c2c(SCC3CCCO3)nc(C(C)C)nc21. The fourth-order valence-corrected chi connectivity index (χ4v) is 4.18. The average Bonchev–Trinajstić information content (AvgIpc) is 3.14. The average molecular weight is 378 g/mol. The van der Waals surface area contributed by atoms with E-state index < -0.39 is 0 Å². The molecule has 7 nitrogen and oxygen atoms in total. The van der Waals surface area contributed by atoms with Gasteiger partial charge in [0, 0.05) is 31.9 Å². The van der Waals surface area contributed by atoms with Gasteiger partial charge in [-0.1, -0.05) is 20.8 Å². The van der Waals surface area contributed by atoms with E-state index in [1.54, 1.807) is 4.57 Å². The van der Waals surface area contributed by atoms with Crippen LogP contribution < -0.4 is 11.2 Å². The summed E-state index contributed by atoms with van der Waals surface area (Å²) in [6.07, 6.45) is 3.08. The van der Waals surface area contributed by atoms with E-state index in [1.807, 2.05) is 20.8 Å². The highest BCUT2D eigenvalue weighted by Gasteiger charge is 2.22. The van der Waals surface area contributed by atoms with E-state index in [0.29, 0.717) is 28.4 Å². The molecule has 1 unspecified atom stereocenters. The van der Waals surface area contributed by atoms with Crippen molar-refractivity contribution in [1.82, 2.24) is 19.1 Å². The zero-order valence-electron chi connectivity index (χ0n) is 15.8. The molecule has 0 bridgehead atoms. The van der Waals surface area contributed by atoms with Crippen molar-refractivity contribution in [2.75, 3.05) is 12.4 Å². The first-order valence-electron chi connectivity index (χ1n) is 9.19. The smallest absolute Gasteiger partial charge is 0.332 e. The number of hydrogen-bond acceptors (Lipinski definition) is 6. The van der Waals surface area contributed by atoms with Crippen molar-refractivity contribution in [3.8, 4) is 0 Å². The highest BCUT2D eigenvalue weighted by Crippen LogP contribution is 2.27. The number of nitrogens with zero attached hydrogens (tertiary/aromatic N) is 4. The number of thioether (sulfide) groups is 1. The number of aryl methyl sites for hydroxylation is 1. The number of aromatic nitrogens is 4. The molecule has 0 amide bonds. The van der Waals surface area contributed by atoms with Gasteiger partial charge >= 0.3 is 5.69 Å². The third-order valence-electron chi connectivity index (χ3n) is 4.56. The summed E-state index contributed by atoms with van der Waals surface area (Å²) >= 11 is 1.53. The molecule has 142 valence electrons. The molecule has 0 radical (unpaired) electrons. The lowest BCUT2D eigenvalue weighted by Crippen LogP contribution is -2.39. The van der Waals surface area contributed by atoms with Crippen LogP contribution in [-0.2, 0) is 18.3 Å². The zero-order valence-corrected chi connectivity index (χ0v) is 16.6. The number of rotatable bonds is 6. The van der Waals surface area contributed by atoms with E-state index >= 15 is 0 Å². The Morgan fingerprint density at radius 1 is 1.31 bits per heavy atom. The van der Waals surface area contributed by atoms with Crippen LogP contribution in [0.2, 0.25) is 0 Å². The monoisotopic (exact) mass is 378 g/mol. The summed E-state index contributed by atoms with van der Waals surface area (Å²) in [6, 6.07) is 0. The summed E-state index contributed by atoms with van der Waals surface area (Å²) in [5.74, 6) is 1.51. The molecule has 2 aromatic heterocycles. The van der Waals surface area contributed by atoms with Gasteiger partial charge in [0.15, 0.2) is 5.65 Å². The Morgan fingerprint density at radius 3 is 2.69 bits per heavy atom. The maximum absolute atomic E-state index is 12.8. The van der Waals surface area contributed by atoms with Gasteiger partial charge in [0.1, 0.15) is 16.2 Å². The van der Waals surface area contributed by atoms with E-state index in [1.165, 1.54) is 18.8 Å². The van der Waals surface area contributed by atoms with Crippen LogP contribution in [0.4, 0.5) is 0 Å². The van der Waals surface area contributed by atoms with Gasteiger partial charge in [-0.3, -0.25) is 13.9 Å². The molecule has 1 atom stereocenters. The van der Waals surface area contributed by atoms with Gasteiger partial charge in [0.25, 0.3) is 5.56 Å². The molecule has 0 spiro atoms. The largest absolute Gasteiger partial charge is 0.377 e. The topological polar surface area (TPSA) is 79.0 Å². The Labute approximate surface area is 156 Å². The van der Waals surface area contributed by atoms with Crippen molar-refractivity contribution >= 4 is 22.8 Å². The van der Waals surface area contributed by atoms with Crippen LogP contribution in [0, 0.1) is 0 Å². The van der Waals surface area contributed by atoms with Crippen LogP contribution in [0.3, 0.4) is 0 Å². The summed E-state index contributed by atoms with van der Waals surface area (Å²) in [6.45, 7) is 7.34. The molecule has 26 heavy (non-hydrogen) atoms. The van der Waals surface area contributed by atoms with Crippen molar-refractivity contribution in [2.24, 2.45) is 7.05 Å². The fraction of sp³-hybridized carbons (Fsp3) is 0.667. The molecule has 0 aliphatic carbocycles. The molecule has 1 aliphatic heterocycles. The van der Waals surface area contributed by atoms with Crippen LogP contribution in [0.5, 0.6) is 0 Å². The van der Waals surface area contributed by atoms with Gasteiger partial charge in [-0.2, -0.15) is 0 Å². The number of fused-ring (bicyclic) bond motifs is 1. The Bertz CT molecular complexity index is 913. The third kappa shape index (κ3) is 3.57. The second-order valence-electron chi connectivity index (χ2n) is 6.98. The summed E-state index contributed by atoms with van der Waals surface area (Å²) in [4.78, 5) is 34.7. The molecule has 1 fully saturated rings. The molecule has 1 aliphatic rings. The molecule has 0 saturated carbocycles. The van der Waals surface area contributed by atoms with Crippen LogP contribution in [-0.4, -0.2) is 37.6 Å². The predicted molar refractivity (Wildman–Crippen MR) is 103 cm³/mol. The van der Waals surface area contributed by atoms with Crippen LogP contribution in [0.25, 0.3) is 11.0 Å². The maximum Gasteiger partial charge on any atom is 0.332 e. The third-order valence-corrected chi connectivity index (χ3v) is 5.67. The number of hydrogen-bond donors (Lipinski definition) is 0. The Kier molecular flexibility index (Phi) is 5.82. The molecule has 2 aromatic rings. The summed E-state index contributed by atoms with van der Waals surface area (Å²) < 4.78 is 8.45. The first-order valence-corrected chi connectivity index (χ1v) is 10.2. The van der Waals surface area contributed by atoms with Gasteiger partial charge in [-0.15, -0.1) is 11.8 Å². The van der Waals surface area contributed by atoms with Crippen LogP contribution in [0.1, 0.15) is 51.8 Å². The summed E-state index contributed by atoms with van der Waals surface area (Å²) in [5.41, 5.74) is -0.205.